The second kappa shape index (κ2) is 29.8. The van der Waals surface area contributed by atoms with E-state index in [2.05, 4.69) is 6.92 Å². The second-order valence-corrected chi connectivity index (χ2v) is 8.98. The normalized spacial score (nSPS) is 10.9. The quantitative estimate of drug-likeness (QED) is 0.125. The maximum atomic E-state index is 11.6. The van der Waals surface area contributed by atoms with Crippen LogP contribution in [0, 0.1) is 0 Å². The molecule has 1 N–H and O–H groups in total. The van der Waals surface area contributed by atoms with Crippen LogP contribution in [0.15, 0.2) is 18.2 Å². The van der Waals surface area contributed by atoms with Crippen LogP contribution in [0.25, 0.3) is 0 Å². The van der Waals surface area contributed by atoms with Crippen LogP contribution in [0.3, 0.4) is 0 Å². The molecule has 0 fully saturated rings. The first-order valence-corrected chi connectivity index (χ1v) is 14.2. The van der Waals surface area contributed by atoms with Crippen LogP contribution >= 0.6 is 0 Å². The Labute approximate surface area is 294 Å². The average molecular weight is 675 g/mol. The Morgan fingerprint density at radius 2 is 1.15 bits per heavy atom. The largest absolute Gasteiger partial charge is 1.00 e. The Kier molecular flexibility index (Phi) is 30.0. The third-order valence-electron chi connectivity index (χ3n) is 5.79. The number of carbonyl (C=O) groups is 1. The van der Waals surface area contributed by atoms with Crippen molar-refractivity contribution in [2.24, 2.45) is 0 Å². The fourth-order valence-corrected chi connectivity index (χ4v) is 3.74. The van der Waals surface area contributed by atoms with E-state index in [-0.39, 0.29) is 87.7 Å². The minimum Gasteiger partial charge on any atom is -0.545 e. The molecule has 220 valence electrons. The summed E-state index contributed by atoms with van der Waals surface area (Å²) in [4.78, 5) is 11.6. The summed E-state index contributed by atoms with van der Waals surface area (Å²) in [5, 5.41) is 20.2. The van der Waals surface area contributed by atoms with E-state index in [4.69, 9.17) is 33.5 Å². The Morgan fingerprint density at radius 1 is 0.692 bits per heavy atom. The number of aliphatic hydroxyl groups is 1. The fraction of sp³-hybridized carbons (Fsp3) is 0.759. The number of aromatic carboxylic acids is 1. The molecule has 0 aliphatic rings. The zero-order chi connectivity index (χ0) is 27.5. The molecule has 0 saturated carbocycles. The van der Waals surface area contributed by atoms with Crippen molar-refractivity contribution in [3.8, 4) is 5.75 Å². The summed E-state index contributed by atoms with van der Waals surface area (Å²) >= 11 is 0. The number of unbranched alkanes of at least 4 members (excludes halogenated alkanes) is 7. The maximum absolute atomic E-state index is 11.6. The number of rotatable bonds is 28. The van der Waals surface area contributed by atoms with Gasteiger partial charge in [0, 0.05) is 5.56 Å². The number of carbonyl (C=O) groups excluding carboxylic acids is 1. The Hall–Kier alpha value is 0.302. The van der Waals surface area contributed by atoms with Gasteiger partial charge in [0.25, 0.3) is 0 Å². The molecule has 9 nitrogen and oxygen atoms in total. The Balaban J connectivity index is 0.0000144. The number of aliphatic hydroxyl groups excluding tert-OH is 1. The summed E-state index contributed by atoms with van der Waals surface area (Å²) in [7, 11) is 0. The SMILES string of the molecule is CCCCCCCCCCc1ccc(OCCOCCOCCOCCOCCOCCO)c(C(=O)[O-])c1.[Cs+]. The van der Waals surface area contributed by atoms with Crippen molar-refractivity contribution in [2.75, 3.05) is 79.3 Å². The molecule has 0 aliphatic carbocycles. The van der Waals surface area contributed by atoms with Gasteiger partial charge in [0.2, 0.25) is 0 Å². The molecule has 0 radical (unpaired) electrons. The Morgan fingerprint density at radius 3 is 1.64 bits per heavy atom. The summed E-state index contributed by atoms with van der Waals surface area (Å²) in [5.41, 5.74) is 1.09. The minimum absolute atomic E-state index is 0. The second-order valence-electron chi connectivity index (χ2n) is 8.98. The van der Waals surface area contributed by atoms with E-state index in [1.807, 2.05) is 6.07 Å². The van der Waals surface area contributed by atoms with Crippen molar-refractivity contribution >= 4 is 5.97 Å². The van der Waals surface area contributed by atoms with Crippen LogP contribution in [-0.2, 0) is 30.1 Å². The molecule has 1 aromatic carbocycles. The van der Waals surface area contributed by atoms with Gasteiger partial charge in [0.1, 0.15) is 12.4 Å². The third-order valence-corrected chi connectivity index (χ3v) is 5.79. The average Bonchev–Trinajstić information content (AvgIpc) is 2.92. The molecule has 0 bridgehead atoms. The van der Waals surface area contributed by atoms with Crippen molar-refractivity contribution in [3.05, 3.63) is 29.3 Å². The first-order valence-electron chi connectivity index (χ1n) is 14.2. The predicted octanol–water partition coefficient (Wildman–Crippen LogP) is 0.191. The third kappa shape index (κ3) is 23.5. The first kappa shape index (κ1) is 39.3. The van der Waals surface area contributed by atoms with Crippen LogP contribution in [-0.4, -0.2) is 90.4 Å². The Bertz CT molecular complexity index is 691. The van der Waals surface area contributed by atoms with Gasteiger partial charge in [0.15, 0.2) is 0 Å². The molecule has 39 heavy (non-hydrogen) atoms. The molecule has 10 heteroatoms. The van der Waals surface area contributed by atoms with Crippen LogP contribution < -0.4 is 78.7 Å². The van der Waals surface area contributed by atoms with Gasteiger partial charge in [-0.05, 0) is 30.5 Å². The summed E-state index contributed by atoms with van der Waals surface area (Å²) < 4.78 is 32.3. The number of carboxylic acid groups (broad SMARTS) is 1. The van der Waals surface area contributed by atoms with Gasteiger partial charge in [-0.3, -0.25) is 0 Å². The van der Waals surface area contributed by atoms with Gasteiger partial charge in [-0.2, -0.15) is 0 Å². The first-order chi connectivity index (χ1) is 18.7. The van der Waals surface area contributed by atoms with Crippen LogP contribution in [0.2, 0.25) is 0 Å². The van der Waals surface area contributed by atoms with Gasteiger partial charge in [-0.1, -0.05) is 57.9 Å². The molecule has 0 aliphatic heterocycles. The standard InChI is InChI=1S/C29H50O9.Cs/c1-2-3-4-5-6-7-8-9-10-26-11-12-28(27(25-26)29(31)32)38-24-23-37-22-21-36-20-19-35-18-17-34-16-15-33-14-13-30;/h11-12,25,30H,2-10,13-24H2,1H3,(H,31,32);/q;+1/p-1. The van der Waals surface area contributed by atoms with Gasteiger partial charge in [0.05, 0.1) is 78.6 Å². The van der Waals surface area contributed by atoms with E-state index in [0.717, 1.165) is 24.8 Å². The molecule has 1 aromatic rings. The number of aryl methyl sites for hydroxylation is 1. The molecular weight excluding hydrogens is 625 g/mol. The molecule has 0 spiro atoms. The van der Waals surface area contributed by atoms with Crippen molar-refractivity contribution in [3.63, 3.8) is 0 Å². The van der Waals surface area contributed by atoms with E-state index in [9.17, 15) is 9.90 Å². The monoisotopic (exact) mass is 674 g/mol. The summed E-state index contributed by atoms with van der Waals surface area (Å²) in [6.45, 7) is 6.78. The van der Waals surface area contributed by atoms with Crippen molar-refractivity contribution in [1.82, 2.24) is 0 Å². The van der Waals surface area contributed by atoms with Crippen LogP contribution in [0.1, 0.15) is 74.2 Å². The van der Waals surface area contributed by atoms with Gasteiger partial charge in [-0.15, -0.1) is 0 Å². The van der Waals surface area contributed by atoms with Gasteiger partial charge in [-0.25, -0.2) is 0 Å². The number of benzene rings is 1. The maximum Gasteiger partial charge on any atom is 1.00 e. The van der Waals surface area contributed by atoms with Crippen molar-refractivity contribution in [1.29, 1.82) is 0 Å². The molecule has 1 rings (SSSR count). The molecule has 0 aromatic heterocycles. The number of hydrogen-bond donors (Lipinski definition) is 1. The van der Waals surface area contributed by atoms with Gasteiger partial charge >= 0.3 is 68.9 Å². The van der Waals surface area contributed by atoms with Crippen LogP contribution in [0.5, 0.6) is 5.75 Å². The predicted molar refractivity (Wildman–Crippen MR) is 144 cm³/mol. The number of hydrogen-bond acceptors (Lipinski definition) is 9. The van der Waals surface area contributed by atoms with E-state index in [1.54, 1.807) is 12.1 Å². The number of ether oxygens (including phenoxy) is 6. The van der Waals surface area contributed by atoms with Gasteiger partial charge < -0.3 is 43.4 Å². The molecule has 0 saturated heterocycles. The van der Waals surface area contributed by atoms with Crippen molar-refractivity contribution in [2.45, 2.75) is 64.7 Å². The fourth-order valence-electron chi connectivity index (χ4n) is 3.74. The smallest absolute Gasteiger partial charge is 0.545 e. The summed E-state index contributed by atoms with van der Waals surface area (Å²) in [6.07, 6.45) is 10.8. The minimum atomic E-state index is -1.23. The van der Waals surface area contributed by atoms with E-state index in [0.29, 0.717) is 71.8 Å². The topological polar surface area (TPSA) is 116 Å². The summed E-state index contributed by atoms with van der Waals surface area (Å²) in [6, 6.07) is 5.31. The number of carboxylic acids is 1. The molecular formula is C29H49CsO9. The molecule has 0 amide bonds. The van der Waals surface area contributed by atoms with E-state index < -0.39 is 5.97 Å². The van der Waals surface area contributed by atoms with E-state index >= 15 is 0 Å². The van der Waals surface area contributed by atoms with E-state index in [1.165, 1.54) is 38.5 Å². The molecule has 0 heterocycles. The van der Waals surface area contributed by atoms with Crippen molar-refractivity contribution < 1.29 is 112 Å². The molecule has 0 unspecified atom stereocenters. The zero-order valence-electron chi connectivity index (χ0n) is 24.3. The summed E-state index contributed by atoms with van der Waals surface area (Å²) in [5.74, 6) is -0.920. The van der Waals surface area contributed by atoms with Crippen LogP contribution in [0.4, 0.5) is 0 Å². The zero-order valence-corrected chi connectivity index (χ0v) is 30.6. The molecule has 0 atom stereocenters.